The average Bonchev–Trinajstić information content (AvgIpc) is 2.83. The van der Waals surface area contributed by atoms with Crippen molar-refractivity contribution in [3.63, 3.8) is 0 Å². The van der Waals surface area contributed by atoms with Crippen LogP contribution >= 0.6 is 0 Å². The molecule has 6 nitrogen and oxygen atoms in total. The van der Waals surface area contributed by atoms with Crippen LogP contribution in [0.25, 0.3) is 0 Å². The lowest BCUT2D eigenvalue weighted by Gasteiger charge is -2.11. The topological polar surface area (TPSA) is 78.5 Å². The van der Waals surface area contributed by atoms with E-state index in [9.17, 15) is 4.79 Å². The molecule has 0 aliphatic carbocycles. The Hall–Kier alpha value is -2.63. The van der Waals surface area contributed by atoms with Crippen LogP contribution in [0.1, 0.15) is 16.1 Å². The number of anilines is 1. The molecule has 0 saturated heterocycles. The predicted molar refractivity (Wildman–Crippen MR) is 80.5 cm³/mol. The summed E-state index contributed by atoms with van der Waals surface area (Å²) in [7, 11) is 4.95. The molecule has 0 bridgehead atoms. The number of methoxy groups -OCH3 is 2. The monoisotopic (exact) mass is 289 g/mol. The molecule has 1 heterocycles. The molecule has 112 valence electrons. The van der Waals surface area contributed by atoms with Gasteiger partial charge in [-0.3, -0.25) is 4.79 Å². The lowest BCUT2D eigenvalue weighted by molar-refractivity contribution is 0.0942. The van der Waals surface area contributed by atoms with E-state index < -0.39 is 0 Å². The third-order valence-corrected chi connectivity index (χ3v) is 3.19. The van der Waals surface area contributed by atoms with E-state index in [0.29, 0.717) is 29.4 Å². The summed E-state index contributed by atoms with van der Waals surface area (Å²) in [5.74, 6) is 1.19. The van der Waals surface area contributed by atoms with Crippen LogP contribution in [0.4, 0.5) is 5.69 Å². The zero-order chi connectivity index (χ0) is 15.4. The molecule has 2 aromatic rings. The van der Waals surface area contributed by atoms with Crippen molar-refractivity contribution in [2.24, 2.45) is 7.05 Å². The van der Waals surface area contributed by atoms with Gasteiger partial charge >= 0.3 is 0 Å². The highest BCUT2D eigenvalue weighted by atomic mass is 16.5. The summed E-state index contributed by atoms with van der Waals surface area (Å²) in [5, 5.41) is 2.85. The van der Waals surface area contributed by atoms with Crippen LogP contribution in [-0.2, 0) is 13.6 Å². The molecule has 0 fully saturated rings. The molecule has 0 aliphatic heterocycles. The number of hydrogen-bond donors (Lipinski definition) is 2. The molecular formula is C15H19N3O3. The van der Waals surface area contributed by atoms with Crippen molar-refractivity contribution in [3.05, 3.63) is 41.7 Å². The van der Waals surface area contributed by atoms with E-state index in [-0.39, 0.29) is 5.91 Å². The first-order chi connectivity index (χ1) is 10.0. The van der Waals surface area contributed by atoms with Gasteiger partial charge in [-0.05, 0) is 18.2 Å². The molecule has 2 rings (SSSR count). The Kier molecular flexibility index (Phi) is 4.37. The fraction of sp³-hybridized carbons (Fsp3) is 0.267. The summed E-state index contributed by atoms with van der Waals surface area (Å²) < 4.78 is 12.1. The van der Waals surface area contributed by atoms with Crippen LogP contribution < -0.4 is 20.5 Å². The third kappa shape index (κ3) is 3.28. The van der Waals surface area contributed by atoms with E-state index in [1.165, 1.54) is 0 Å². The van der Waals surface area contributed by atoms with Crippen molar-refractivity contribution in [2.75, 3.05) is 20.0 Å². The summed E-state index contributed by atoms with van der Waals surface area (Å²) >= 11 is 0. The molecule has 0 spiro atoms. The molecule has 0 unspecified atom stereocenters. The number of aromatic nitrogens is 1. The first-order valence-corrected chi connectivity index (χ1v) is 6.46. The number of hydrogen-bond acceptors (Lipinski definition) is 4. The van der Waals surface area contributed by atoms with Crippen LogP contribution in [0, 0.1) is 0 Å². The lowest BCUT2D eigenvalue weighted by atomic mass is 10.2. The number of benzene rings is 1. The van der Waals surface area contributed by atoms with E-state index in [1.54, 1.807) is 44.2 Å². The fourth-order valence-electron chi connectivity index (χ4n) is 2.08. The van der Waals surface area contributed by atoms with Gasteiger partial charge in [-0.25, -0.2) is 0 Å². The Balaban J connectivity index is 2.09. The van der Waals surface area contributed by atoms with Gasteiger partial charge in [0.05, 0.1) is 19.9 Å². The van der Waals surface area contributed by atoms with E-state index in [2.05, 4.69) is 5.32 Å². The van der Waals surface area contributed by atoms with Gasteiger partial charge in [0, 0.05) is 31.4 Å². The Bertz CT molecular complexity index is 650. The highest BCUT2D eigenvalue weighted by Crippen LogP contribution is 2.24. The number of nitrogens with two attached hydrogens (primary N) is 1. The number of nitrogens with zero attached hydrogens (tertiary/aromatic N) is 1. The number of nitrogen functional groups attached to an aromatic ring is 1. The summed E-state index contributed by atoms with van der Waals surface area (Å²) in [6, 6.07) is 7.10. The van der Waals surface area contributed by atoms with Crippen LogP contribution in [0.15, 0.2) is 30.5 Å². The van der Waals surface area contributed by atoms with E-state index in [1.807, 2.05) is 12.1 Å². The standard InChI is InChI=1S/C15H19N3O3/c1-18-9-11(16)6-13(18)15(19)17-8-10-4-5-12(20-2)7-14(10)21-3/h4-7,9H,8,16H2,1-3H3,(H,17,19). The highest BCUT2D eigenvalue weighted by molar-refractivity contribution is 5.93. The first kappa shape index (κ1) is 14.8. The molecule has 6 heteroatoms. The van der Waals surface area contributed by atoms with Crippen molar-refractivity contribution in [3.8, 4) is 11.5 Å². The smallest absolute Gasteiger partial charge is 0.268 e. The van der Waals surface area contributed by atoms with Crippen LogP contribution in [0.3, 0.4) is 0 Å². The Morgan fingerprint density at radius 1 is 1.29 bits per heavy atom. The number of ether oxygens (including phenoxy) is 2. The van der Waals surface area contributed by atoms with Gasteiger partial charge in [-0.15, -0.1) is 0 Å². The second kappa shape index (κ2) is 6.21. The Labute approximate surface area is 123 Å². The zero-order valence-corrected chi connectivity index (χ0v) is 12.3. The quantitative estimate of drug-likeness (QED) is 0.875. The minimum Gasteiger partial charge on any atom is -0.497 e. The molecule has 3 N–H and O–H groups in total. The van der Waals surface area contributed by atoms with Crippen molar-refractivity contribution < 1.29 is 14.3 Å². The molecule has 0 atom stereocenters. The molecule has 0 aliphatic rings. The average molecular weight is 289 g/mol. The van der Waals surface area contributed by atoms with Crippen LogP contribution in [0.2, 0.25) is 0 Å². The number of nitrogens with one attached hydrogen (secondary N) is 1. The van der Waals surface area contributed by atoms with Gasteiger partial charge in [0.25, 0.3) is 5.91 Å². The molecule has 0 saturated carbocycles. The molecule has 1 aromatic carbocycles. The SMILES string of the molecule is COc1ccc(CNC(=O)c2cc(N)cn2C)c(OC)c1. The maximum absolute atomic E-state index is 12.1. The number of carbonyl (C=O) groups is 1. The van der Waals surface area contributed by atoms with Gasteiger partial charge in [0.1, 0.15) is 17.2 Å². The summed E-state index contributed by atoms with van der Waals surface area (Å²) in [6.07, 6.45) is 1.70. The van der Waals surface area contributed by atoms with Crippen molar-refractivity contribution in [2.45, 2.75) is 6.54 Å². The van der Waals surface area contributed by atoms with Gasteiger partial charge in [0.2, 0.25) is 0 Å². The van der Waals surface area contributed by atoms with Gasteiger partial charge in [-0.1, -0.05) is 0 Å². The minimum absolute atomic E-state index is 0.188. The summed E-state index contributed by atoms with van der Waals surface area (Å²) in [4.78, 5) is 12.1. The first-order valence-electron chi connectivity index (χ1n) is 6.46. The second-order valence-corrected chi connectivity index (χ2v) is 4.63. The van der Waals surface area contributed by atoms with Gasteiger partial charge in [0.15, 0.2) is 0 Å². The lowest BCUT2D eigenvalue weighted by Crippen LogP contribution is -2.25. The molecule has 1 aromatic heterocycles. The zero-order valence-electron chi connectivity index (χ0n) is 12.3. The Morgan fingerprint density at radius 3 is 2.62 bits per heavy atom. The maximum Gasteiger partial charge on any atom is 0.268 e. The van der Waals surface area contributed by atoms with E-state index in [4.69, 9.17) is 15.2 Å². The normalized spacial score (nSPS) is 10.2. The maximum atomic E-state index is 12.1. The third-order valence-electron chi connectivity index (χ3n) is 3.19. The number of rotatable bonds is 5. The predicted octanol–water partition coefficient (Wildman–Crippen LogP) is 1.55. The molecule has 1 amide bonds. The highest BCUT2D eigenvalue weighted by Gasteiger charge is 2.12. The molecule has 0 radical (unpaired) electrons. The summed E-state index contributed by atoms with van der Waals surface area (Å²) in [5.41, 5.74) is 7.61. The van der Waals surface area contributed by atoms with E-state index in [0.717, 1.165) is 5.56 Å². The van der Waals surface area contributed by atoms with Crippen LogP contribution in [-0.4, -0.2) is 24.7 Å². The molecular weight excluding hydrogens is 270 g/mol. The van der Waals surface area contributed by atoms with E-state index >= 15 is 0 Å². The number of carbonyl (C=O) groups excluding carboxylic acids is 1. The number of aryl methyl sites for hydroxylation is 1. The van der Waals surface area contributed by atoms with Gasteiger partial charge in [-0.2, -0.15) is 0 Å². The van der Waals surface area contributed by atoms with Gasteiger partial charge < -0.3 is 25.1 Å². The number of amides is 1. The second-order valence-electron chi connectivity index (χ2n) is 4.63. The van der Waals surface area contributed by atoms with Crippen molar-refractivity contribution >= 4 is 11.6 Å². The Morgan fingerprint density at radius 2 is 2.05 bits per heavy atom. The van der Waals surface area contributed by atoms with Crippen molar-refractivity contribution in [1.82, 2.24) is 9.88 Å². The largest absolute Gasteiger partial charge is 0.497 e. The summed E-state index contributed by atoms with van der Waals surface area (Å²) in [6.45, 7) is 0.358. The molecule has 21 heavy (non-hydrogen) atoms. The fourth-order valence-corrected chi connectivity index (χ4v) is 2.08. The minimum atomic E-state index is -0.188. The van der Waals surface area contributed by atoms with Crippen molar-refractivity contribution in [1.29, 1.82) is 0 Å². The van der Waals surface area contributed by atoms with Crippen LogP contribution in [0.5, 0.6) is 11.5 Å².